The zero-order valence-electron chi connectivity index (χ0n) is 11.6. The summed E-state index contributed by atoms with van der Waals surface area (Å²) in [6, 6.07) is 7.54. The Balaban J connectivity index is 2.07. The molecule has 0 spiro atoms. The summed E-state index contributed by atoms with van der Waals surface area (Å²) in [5.74, 6) is 0. The minimum atomic E-state index is 0.393. The van der Waals surface area contributed by atoms with E-state index in [1.54, 1.807) is 0 Å². The van der Waals surface area contributed by atoms with Crippen LogP contribution in [0.15, 0.2) is 18.2 Å². The fourth-order valence-corrected chi connectivity index (χ4v) is 2.67. The van der Waals surface area contributed by atoms with E-state index in [0.29, 0.717) is 12.1 Å². The third-order valence-corrected chi connectivity index (χ3v) is 3.67. The summed E-state index contributed by atoms with van der Waals surface area (Å²) in [6.45, 7) is 6.96. The Morgan fingerprint density at radius 3 is 2.89 bits per heavy atom. The van der Waals surface area contributed by atoms with E-state index in [1.807, 2.05) is 7.05 Å². The molecule has 0 aliphatic carbocycles. The summed E-state index contributed by atoms with van der Waals surface area (Å²) in [4.78, 5) is 0. The lowest BCUT2D eigenvalue weighted by Crippen LogP contribution is -2.43. The number of aryl methyl sites for hydroxylation is 2. The predicted molar refractivity (Wildman–Crippen MR) is 74.9 cm³/mol. The van der Waals surface area contributed by atoms with Gasteiger partial charge in [0.25, 0.3) is 0 Å². The van der Waals surface area contributed by atoms with Crippen molar-refractivity contribution < 1.29 is 4.74 Å². The van der Waals surface area contributed by atoms with Gasteiger partial charge in [-0.2, -0.15) is 0 Å². The molecule has 18 heavy (non-hydrogen) atoms. The van der Waals surface area contributed by atoms with Gasteiger partial charge >= 0.3 is 0 Å². The zero-order chi connectivity index (χ0) is 13.0. The van der Waals surface area contributed by atoms with Crippen molar-refractivity contribution in [1.29, 1.82) is 0 Å². The van der Waals surface area contributed by atoms with Gasteiger partial charge in [0, 0.05) is 18.6 Å². The van der Waals surface area contributed by atoms with E-state index >= 15 is 0 Å². The van der Waals surface area contributed by atoms with E-state index in [-0.39, 0.29) is 0 Å². The molecule has 0 saturated carbocycles. The maximum absolute atomic E-state index is 5.52. The minimum absolute atomic E-state index is 0.393. The van der Waals surface area contributed by atoms with Crippen LogP contribution < -0.4 is 10.6 Å². The highest BCUT2D eigenvalue weighted by Gasteiger charge is 2.20. The fraction of sp³-hybridized carbons (Fsp3) is 0.600. The number of morpholine rings is 1. The first-order chi connectivity index (χ1) is 8.70. The maximum atomic E-state index is 5.52. The van der Waals surface area contributed by atoms with E-state index < -0.39 is 0 Å². The average molecular weight is 248 g/mol. The van der Waals surface area contributed by atoms with Gasteiger partial charge in [0.2, 0.25) is 0 Å². The Kier molecular flexibility index (Phi) is 4.75. The van der Waals surface area contributed by atoms with Gasteiger partial charge in [0.15, 0.2) is 0 Å². The van der Waals surface area contributed by atoms with Crippen molar-refractivity contribution in [3.8, 4) is 0 Å². The summed E-state index contributed by atoms with van der Waals surface area (Å²) in [6.07, 6.45) is 1.07. The molecule has 1 aliphatic heterocycles. The Morgan fingerprint density at radius 2 is 2.28 bits per heavy atom. The van der Waals surface area contributed by atoms with Crippen LogP contribution in [0.25, 0.3) is 0 Å². The summed E-state index contributed by atoms with van der Waals surface area (Å²) in [5, 5.41) is 6.95. The van der Waals surface area contributed by atoms with Crippen LogP contribution >= 0.6 is 0 Å². The molecule has 3 nitrogen and oxygen atoms in total. The molecule has 3 heteroatoms. The second-order valence-corrected chi connectivity index (χ2v) is 5.16. The minimum Gasteiger partial charge on any atom is -0.379 e. The molecule has 1 heterocycles. The molecular weight excluding hydrogens is 224 g/mol. The van der Waals surface area contributed by atoms with Crippen molar-refractivity contribution in [1.82, 2.24) is 10.6 Å². The number of hydrogen-bond donors (Lipinski definition) is 2. The molecule has 100 valence electrons. The topological polar surface area (TPSA) is 33.3 Å². The molecule has 1 fully saturated rings. The first-order valence-electron chi connectivity index (χ1n) is 6.76. The van der Waals surface area contributed by atoms with Gasteiger partial charge in [-0.1, -0.05) is 23.8 Å². The van der Waals surface area contributed by atoms with Crippen LogP contribution in [0.5, 0.6) is 0 Å². The number of benzene rings is 1. The number of nitrogens with one attached hydrogen (secondary N) is 2. The molecule has 1 saturated heterocycles. The van der Waals surface area contributed by atoms with Crippen LogP contribution in [0.3, 0.4) is 0 Å². The predicted octanol–water partition coefficient (Wildman–Crippen LogP) is 1.94. The lowest BCUT2D eigenvalue weighted by atomic mass is 9.94. The molecule has 1 aliphatic rings. The summed E-state index contributed by atoms with van der Waals surface area (Å²) >= 11 is 0. The van der Waals surface area contributed by atoms with Gasteiger partial charge in [0.05, 0.1) is 13.2 Å². The van der Waals surface area contributed by atoms with Crippen LogP contribution in [0.2, 0.25) is 0 Å². The van der Waals surface area contributed by atoms with Crippen LogP contribution in [0.1, 0.15) is 29.2 Å². The maximum Gasteiger partial charge on any atom is 0.0620 e. The van der Waals surface area contributed by atoms with Crippen LogP contribution in [-0.2, 0) is 4.74 Å². The highest BCUT2D eigenvalue weighted by atomic mass is 16.5. The zero-order valence-corrected chi connectivity index (χ0v) is 11.6. The lowest BCUT2D eigenvalue weighted by molar-refractivity contribution is 0.0708. The smallest absolute Gasteiger partial charge is 0.0620 e. The summed E-state index contributed by atoms with van der Waals surface area (Å²) < 4.78 is 5.52. The van der Waals surface area contributed by atoms with Crippen LogP contribution in [0, 0.1) is 13.8 Å². The Hall–Kier alpha value is -0.900. The van der Waals surface area contributed by atoms with E-state index in [2.05, 4.69) is 42.7 Å². The van der Waals surface area contributed by atoms with Crippen LogP contribution in [-0.4, -0.2) is 32.8 Å². The van der Waals surface area contributed by atoms with Crippen molar-refractivity contribution in [3.63, 3.8) is 0 Å². The summed E-state index contributed by atoms with van der Waals surface area (Å²) in [7, 11) is 2.04. The van der Waals surface area contributed by atoms with Gasteiger partial charge in [-0.05, 0) is 38.4 Å². The molecule has 0 bridgehead atoms. The van der Waals surface area contributed by atoms with Gasteiger partial charge in [0.1, 0.15) is 0 Å². The Bertz CT molecular complexity index is 386. The Labute approximate surface area is 110 Å². The molecule has 2 N–H and O–H groups in total. The second kappa shape index (κ2) is 6.32. The standard InChI is InChI=1S/C15H24N2O/c1-11-4-5-14(12(2)8-11)15(16-3)9-13-10-18-7-6-17-13/h4-5,8,13,15-17H,6-7,9-10H2,1-3H3. The lowest BCUT2D eigenvalue weighted by Gasteiger charge is -2.28. The fourth-order valence-electron chi connectivity index (χ4n) is 2.67. The molecular formula is C15H24N2O. The summed E-state index contributed by atoms with van der Waals surface area (Å²) in [5.41, 5.74) is 4.09. The normalized spacial score (nSPS) is 21.8. The molecule has 0 amide bonds. The quantitative estimate of drug-likeness (QED) is 0.854. The van der Waals surface area contributed by atoms with E-state index in [0.717, 1.165) is 26.2 Å². The molecule has 0 aromatic heterocycles. The van der Waals surface area contributed by atoms with Gasteiger partial charge in [-0.15, -0.1) is 0 Å². The highest BCUT2D eigenvalue weighted by Crippen LogP contribution is 2.23. The third kappa shape index (κ3) is 3.31. The monoisotopic (exact) mass is 248 g/mol. The molecule has 2 rings (SSSR count). The molecule has 0 radical (unpaired) electrons. The largest absolute Gasteiger partial charge is 0.379 e. The van der Waals surface area contributed by atoms with Gasteiger partial charge in [-0.25, -0.2) is 0 Å². The van der Waals surface area contributed by atoms with E-state index in [9.17, 15) is 0 Å². The Morgan fingerprint density at radius 1 is 1.44 bits per heavy atom. The number of rotatable bonds is 4. The first-order valence-corrected chi connectivity index (χ1v) is 6.76. The second-order valence-electron chi connectivity index (χ2n) is 5.16. The van der Waals surface area contributed by atoms with Crippen molar-refractivity contribution in [2.75, 3.05) is 26.8 Å². The average Bonchev–Trinajstić information content (AvgIpc) is 2.38. The molecule has 2 atom stereocenters. The van der Waals surface area contributed by atoms with E-state index in [4.69, 9.17) is 4.74 Å². The van der Waals surface area contributed by atoms with Crippen molar-refractivity contribution in [2.45, 2.75) is 32.4 Å². The highest BCUT2D eigenvalue weighted by molar-refractivity contribution is 5.32. The van der Waals surface area contributed by atoms with Crippen molar-refractivity contribution in [3.05, 3.63) is 34.9 Å². The van der Waals surface area contributed by atoms with Crippen molar-refractivity contribution in [2.24, 2.45) is 0 Å². The van der Waals surface area contributed by atoms with Crippen LogP contribution in [0.4, 0.5) is 0 Å². The number of hydrogen-bond acceptors (Lipinski definition) is 3. The third-order valence-electron chi connectivity index (χ3n) is 3.67. The van der Waals surface area contributed by atoms with Crippen molar-refractivity contribution >= 4 is 0 Å². The molecule has 2 unspecified atom stereocenters. The first kappa shape index (κ1) is 13.5. The van der Waals surface area contributed by atoms with E-state index in [1.165, 1.54) is 16.7 Å². The number of ether oxygens (including phenoxy) is 1. The molecule has 1 aromatic rings. The SMILES string of the molecule is CNC(CC1COCCN1)c1ccc(C)cc1C. The van der Waals surface area contributed by atoms with Gasteiger partial charge < -0.3 is 15.4 Å². The molecule has 1 aromatic carbocycles. The van der Waals surface area contributed by atoms with Gasteiger partial charge in [-0.3, -0.25) is 0 Å².